The first-order valence-corrected chi connectivity index (χ1v) is 3.71. The van der Waals surface area contributed by atoms with Crippen molar-refractivity contribution in [1.29, 1.82) is 0 Å². The lowest BCUT2D eigenvalue weighted by atomic mass is 10.1. The Morgan fingerprint density at radius 2 is 2.18 bits per heavy atom. The van der Waals surface area contributed by atoms with Crippen molar-refractivity contribution in [3.8, 4) is 0 Å². The van der Waals surface area contributed by atoms with Gasteiger partial charge in [-0.1, -0.05) is 5.16 Å². The summed E-state index contributed by atoms with van der Waals surface area (Å²) >= 11 is 0. The lowest BCUT2D eigenvalue weighted by Crippen LogP contribution is -2.05. The van der Waals surface area contributed by atoms with Crippen LogP contribution >= 0.6 is 0 Å². The molecule has 3 nitrogen and oxygen atoms in total. The molecule has 0 spiro atoms. The molecule has 0 saturated heterocycles. The second kappa shape index (κ2) is 3.05. The molecule has 0 radical (unpaired) electrons. The van der Waals surface area contributed by atoms with Gasteiger partial charge in [0.1, 0.15) is 5.76 Å². The van der Waals surface area contributed by atoms with Crippen LogP contribution in [0.4, 0.5) is 0 Å². The van der Waals surface area contributed by atoms with Crippen LogP contribution in [0.15, 0.2) is 4.52 Å². The fourth-order valence-corrected chi connectivity index (χ4v) is 1.09. The van der Waals surface area contributed by atoms with Crippen molar-refractivity contribution >= 4 is 0 Å². The standard InChI is InChI=1S/C8H13NO2/c1-5(10)4-8-6(2)9-11-7(8)3/h5,10H,4H2,1-3H3. The van der Waals surface area contributed by atoms with Gasteiger partial charge in [-0.15, -0.1) is 0 Å². The van der Waals surface area contributed by atoms with Crippen molar-refractivity contribution in [2.24, 2.45) is 0 Å². The van der Waals surface area contributed by atoms with Gasteiger partial charge in [-0.2, -0.15) is 0 Å². The van der Waals surface area contributed by atoms with Gasteiger partial charge in [0.25, 0.3) is 0 Å². The molecule has 0 fully saturated rings. The van der Waals surface area contributed by atoms with Crippen LogP contribution < -0.4 is 0 Å². The zero-order valence-corrected chi connectivity index (χ0v) is 7.09. The highest BCUT2D eigenvalue weighted by Crippen LogP contribution is 2.13. The molecule has 11 heavy (non-hydrogen) atoms. The molecule has 1 aromatic rings. The molecule has 0 saturated carbocycles. The number of aliphatic hydroxyl groups excluding tert-OH is 1. The Morgan fingerprint density at radius 3 is 2.55 bits per heavy atom. The van der Waals surface area contributed by atoms with E-state index in [2.05, 4.69) is 5.16 Å². The van der Waals surface area contributed by atoms with Gasteiger partial charge < -0.3 is 9.63 Å². The number of rotatable bonds is 2. The molecule has 0 aliphatic heterocycles. The predicted molar refractivity (Wildman–Crippen MR) is 41.4 cm³/mol. The third-order valence-corrected chi connectivity index (χ3v) is 1.68. The van der Waals surface area contributed by atoms with Crippen molar-refractivity contribution in [2.45, 2.75) is 33.3 Å². The second-order valence-corrected chi connectivity index (χ2v) is 2.86. The maximum Gasteiger partial charge on any atom is 0.137 e. The first-order valence-electron chi connectivity index (χ1n) is 3.71. The Balaban J connectivity index is 2.83. The number of aromatic nitrogens is 1. The maximum absolute atomic E-state index is 9.10. The molecule has 1 unspecified atom stereocenters. The average molecular weight is 155 g/mol. The van der Waals surface area contributed by atoms with Crippen LogP contribution in [0.1, 0.15) is 23.9 Å². The summed E-state index contributed by atoms with van der Waals surface area (Å²) in [6.07, 6.45) is 0.299. The topological polar surface area (TPSA) is 46.3 Å². The zero-order chi connectivity index (χ0) is 8.43. The van der Waals surface area contributed by atoms with Gasteiger partial charge in [-0.3, -0.25) is 0 Å². The molecule has 1 heterocycles. The fraction of sp³-hybridized carbons (Fsp3) is 0.625. The molecule has 0 bridgehead atoms. The van der Waals surface area contributed by atoms with E-state index in [1.54, 1.807) is 6.92 Å². The van der Waals surface area contributed by atoms with Gasteiger partial charge in [0.05, 0.1) is 11.8 Å². The highest BCUT2D eigenvalue weighted by Gasteiger charge is 2.10. The van der Waals surface area contributed by atoms with E-state index in [1.807, 2.05) is 13.8 Å². The minimum Gasteiger partial charge on any atom is -0.393 e. The van der Waals surface area contributed by atoms with Crippen LogP contribution in [0.25, 0.3) is 0 Å². The zero-order valence-electron chi connectivity index (χ0n) is 7.09. The van der Waals surface area contributed by atoms with E-state index < -0.39 is 0 Å². The number of hydrogen-bond donors (Lipinski definition) is 1. The summed E-state index contributed by atoms with van der Waals surface area (Å²) < 4.78 is 4.94. The molecule has 3 heteroatoms. The molecule has 62 valence electrons. The molecular weight excluding hydrogens is 142 g/mol. The van der Waals surface area contributed by atoms with Gasteiger partial charge in [0.15, 0.2) is 0 Å². The summed E-state index contributed by atoms with van der Waals surface area (Å²) in [6, 6.07) is 0. The monoisotopic (exact) mass is 155 g/mol. The molecule has 1 aromatic heterocycles. The largest absolute Gasteiger partial charge is 0.393 e. The van der Waals surface area contributed by atoms with Crippen molar-refractivity contribution in [3.63, 3.8) is 0 Å². The summed E-state index contributed by atoms with van der Waals surface area (Å²) in [4.78, 5) is 0. The molecule has 1 rings (SSSR count). The van der Waals surface area contributed by atoms with Crippen molar-refractivity contribution in [1.82, 2.24) is 5.16 Å². The minimum atomic E-state index is -0.327. The predicted octanol–water partition coefficient (Wildman–Crippen LogP) is 1.21. The summed E-state index contributed by atoms with van der Waals surface area (Å²) in [5.74, 6) is 0.809. The molecule has 1 N–H and O–H groups in total. The van der Waals surface area contributed by atoms with Gasteiger partial charge in [-0.05, 0) is 20.8 Å². The summed E-state index contributed by atoms with van der Waals surface area (Å²) in [5, 5.41) is 12.9. The van der Waals surface area contributed by atoms with Gasteiger partial charge in [0.2, 0.25) is 0 Å². The van der Waals surface area contributed by atoms with Crippen molar-refractivity contribution < 1.29 is 9.63 Å². The van der Waals surface area contributed by atoms with E-state index in [9.17, 15) is 0 Å². The lowest BCUT2D eigenvalue weighted by Gasteiger charge is -2.01. The number of aryl methyl sites for hydroxylation is 2. The maximum atomic E-state index is 9.10. The number of aliphatic hydroxyl groups is 1. The van der Waals surface area contributed by atoms with Crippen molar-refractivity contribution in [2.75, 3.05) is 0 Å². The summed E-state index contributed by atoms with van der Waals surface area (Å²) in [5.41, 5.74) is 1.91. The highest BCUT2D eigenvalue weighted by atomic mass is 16.5. The van der Waals surface area contributed by atoms with Gasteiger partial charge in [0, 0.05) is 12.0 Å². The van der Waals surface area contributed by atoms with E-state index >= 15 is 0 Å². The third kappa shape index (κ3) is 1.80. The first kappa shape index (κ1) is 8.27. The second-order valence-electron chi connectivity index (χ2n) is 2.86. The van der Waals surface area contributed by atoms with Crippen molar-refractivity contribution in [3.05, 3.63) is 17.0 Å². The van der Waals surface area contributed by atoms with Crippen LogP contribution in [0.5, 0.6) is 0 Å². The first-order chi connectivity index (χ1) is 5.11. The number of nitrogens with zero attached hydrogens (tertiary/aromatic N) is 1. The lowest BCUT2D eigenvalue weighted by molar-refractivity contribution is 0.194. The molecule has 1 atom stereocenters. The van der Waals surface area contributed by atoms with Crippen LogP contribution in [0.3, 0.4) is 0 Å². The minimum absolute atomic E-state index is 0.327. The third-order valence-electron chi connectivity index (χ3n) is 1.68. The molecule has 0 amide bonds. The summed E-state index contributed by atoms with van der Waals surface area (Å²) in [7, 11) is 0. The average Bonchev–Trinajstić information content (AvgIpc) is 2.18. The smallest absolute Gasteiger partial charge is 0.137 e. The van der Waals surface area contributed by atoms with Crippen LogP contribution in [-0.2, 0) is 6.42 Å². The van der Waals surface area contributed by atoms with E-state index in [4.69, 9.17) is 9.63 Å². The van der Waals surface area contributed by atoms with E-state index in [-0.39, 0.29) is 6.10 Å². The quantitative estimate of drug-likeness (QED) is 0.698. The van der Waals surface area contributed by atoms with Crippen LogP contribution in [-0.4, -0.2) is 16.4 Å². The SMILES string of the molecule is Cc1noc(C)c1CC(C)O. The molecule has 0 aliphatic carbocycles. The van der Waals surface area contributed by atoms with Gasteiger partial charge >= 0.3 is 0 Å². The van der Waals surface area contributed by atoms with Gasteiger partial charge in [-0.25, -0.2) is 0 Å². The Labute approximate surface area is 66.0 Å². The Bertz CT molecular complexity index is 221. The normalized spacial score (nSPS) is 13.5. The number of hydrogen-bond acceptors (Lipinski definition) is 3. The fourth-order valence-electron chi connectivity index (χ4n) is 1.09. The van der Waals surface area contributed by atoms with Crippen LogP contribution in [0, 0.1) is 13.8 Å². The van der Waals surface area contributed by atoms with E-state index in [0.29, 0.717) is 6.42 Å². The Hall–Kier alpha value is -0.830. The molecule has 0 aliphatic rings. The van der Waals surface area contributed by atoms with E-state index in [0.717, 1.165) is 17.0 Å². The Morgan fingerprint density at radius 1 is 1.55 bits per heavy atom. The highest BCUT2D eigenvalue weighted by molar-refractivity contribution is 5.21. The Kier molecular flexibility index (Phi) is 2.29. The summed E-state index contributed by atoms with van der Waals surface area (Å²) in [6.45, 7) is 5.50. The molecule has 0 aromatic carbocycles. The van der Waals surface area contributed by atoms with Crippen LogP contribution in [0.2, 0.25) is 0 Å². The molecular formula is C8H13NO2. The van der Waals surface area contributed by atoms with E-state index in [1.165, 1.54) is 0 Å².